The van der Waals surface area contributed by atoms with E-state index in [1.165, 1.54) is 102 Å². The number of carbonyl (C=O) groups is 2. The third-order valence-corrected chi connectivity index (χ3v) is 7.04. The molecule has 0 saturated carbocycles. The molecular weight excluding hydrogens is 424 g/mol. The molecule has 4 nitrogen and oxygen atoms in total. The van der Waals surface area contributed by atoms with E-state index < -0.39 is 11.9 Å². The number of unbranched alkanes of at least 4 members (excludes halogenated alkanes) is 15. The zero-order valence-electron chi connectivity index (χ0n) is 22.0. The summed E-state index contributed by atoms with van der Waals surface area (Å²) in [5, 5.41) is 19.4. The van der Waals surface area contributed by atoms with Crippen LogP contribution in [0.4, 0.5) is 0 Å². The Morgan fingerprint density at radius 1 is 0.618 bits per heavy atom. The molecule has 1 rings (SSSR count). The molecule has 0 bridgehead atoms. The molecule has 0 heterocycles. The van der Waals surface area contributed by atoms with Crippen LogP contribution >= 0.6 is 0 Å². The number of aromatic carboxylic acids is 2. The van der Waals surface area contributed by atoms with E-state index in [2.05, 4.69) is 13.8 Å². The van der Waals surface area contributed by atoms with Gasteiger partial charge in [-0.15, -0.1) is 0 Å². The second kappa shape index (κ2) is 19.5. The standard InChI is InChI=1S/C30H50O4/c1-3-5-7-9-11-13-15-17-19-22-25(21-18-16-14-12-10-8-6-4-2)26-23-20-24-27(29(31)32)28(26)30(33)34/h20,23-25H,3-19,21-22H2,1-2H3,(H,31,32)(H,33,34). The Bertz CT molecular complexity index is 682. The van der Waals surface area contributed by atoms with Gasteiger partial charge < -0.3 is 10.2 Å². The molecule has 0 radical (unpaired) electrons. The topological polar surface area (TPSA) is 74.6 Å². The Morgan fingerprint density at radius 2 is 1.03 bits per heavy atom. The molecule has 0 aliphatic rings. The maximum atomic E-state index is 12.0. The van der Waals surface area contributed by atoms with Gasteiger partial charge in [-0.05, 0) is 30.4 Å². The van der Waals surface area contributed by atoms with E-state index in [1.807, 2.05) is 6.07 Å². The van der Waals surface area contributed by atoms with Crippen LogP contribution in [0.15, 0.2) is 18.2 Å². The van der Waals surface area contributed by atoms with Gasteiger partial charge in [0.05, 0.1) is 11.1 Å². The molecule has 0 aliphatic carbocycles. The van der Waals surface area contributed by atoms with Crippen LogP contribution in [-0.4, -0.2) is 22.2 Å². The van der Waals surface area contributed by atoms with Crippen molar-refractivity contribution in [1.29, 1.82) is 0 Å². The van der Waals surface area contributed by atoms with Gasteiger partial charge in [-0.1, -0.05) is 135 Å². The minimum atomic E-state index is -1.16. The molecule has 1 aromatic carbocycles. The fraction of sp³-hybridized carbons (Fsp3) is 0.733. The van der Waals surface area contributed by atoms with E-state index in [1.54, 1.807) is 6.07 Å². The third-order valence-electron chi connectivity index (χ3n) is 7.04. The predicted octanol–water partition coefficient (Wildman–Crippen LogP) is 9.62. The maximum Gasteiger partial charge on any atom is 0.336 e. The van der Waals surface area contributed by atoms with Gasteiger partial charge in [-0.25, -0.2) is 9.59 Å². The first-order chi connectivity index (χ1) is 16.5. The van der Waals surface area contributed by atoms with Crippen molar-refractivity contribution in [3.05, 3.63) is 34.9 Å². The Hall–Kier alpha value is -1.84. The fourth-order valence-corrected chi connectivity index (χ4v) is 5.01. The third kappa shape index (κ3) is 12.6. The van der Waals surface area contributed by atoms with E-state index in [0.717, 1.165) is 31.2 Å². The van der Waals surface area contributed by atoms with Crippen LogP contribution in [0.1, 0.15) is 168 Å². The van der Waals surface area contributed by atoms with Crippen LogP contribution in [0.5, 0.6) is 0 Å². The Kier molecular flexibility index (Phi) is 17.3. The van der Waals surface area contributed by atoms with Crippen molar-refractivity contribution in [3.8, 4) is 0 Å². The highest BCUT2D eigenvalue weighted by molar-refractivity contribution is 6.02. The van der Waals surface area contributed by atoms with E-state index in [9.17, 15) is 19.8 Å². The molecule has 1 unspecified atom stereocenters. The molecule has 1 aromatic rings. The summed E-state index contributed by atoms with van der Waals surface area (Å²) in [6, 6.07) is 4.97. The van der Waals surface area contributed by atoms with Crippen LogP contribution < -0.4 is 0 Å². The highest BCUT2D eigenvalue weighted by Crippen LogP contribution is 2.33. The first-order valence-corrected chi connectivity index (χ1v) is 14.1. The van der Waals surface area contributed by atoms with Crippen LogP contribution in [-0.2, 0) is 0 Å². The summed E-state index contributed by atoms with van der Waals surface area (Å²) in [5.41, 5.74) is 0.628. The average Bonchev–Trinajstić information content (AvgIpc) is 2.82. The van der Waals surface area contributed by atoms with E-state index in [-0.39, 0.29) is 17.0 Å². The molecular formula is C30H50O4. The van der Waals surface area contributed by atoms with Crippen LogP contribution in [0.25, 0.3) is 0 Å². The number of hydrogen-bond acceptors (Lipinski definition) is 2. The lowest BCUT2D eigenvalue weighted by Crippen LogP contribution is -2.14. The first kappa shape index (κ1) is 30.2. The normalized spacial score (nSPS) is 12.1. The van der Waals surface area contributed by atoms with Gasteiger partial charge in [0.1, 0.15) is 0 Å². The zero-order valence-corrected chi connectivity index (χ0v) is 22.0. The van der Waals surface area contributed by atoms with Gasteiger partial charge in [0.25, 0.3) is 0 Å². The smallest absolute Gasteiger partial charge is 0.336 e. The van der Waals surface area contributed by atoms with Gasteiger partial charge in [-0.3, -0.25) is 0 Å². The Labute approximate surface area is 208 Å². The lowest BCUT2D eigenvalue weighted by molar-refractivity contribution is 0.0650. The molecule has 1 atom stereocenters. The molecule has 0 fully saturated rings. The number of rotatable bonds is 22. The van der Waals surface area contributed by atoms with E-state index in [4.69, 9.17) is 0 Å². The number of hydrogen-bond donors (Lipinski definition) is 2. The molecule has 2 N–H and O–H groups in total. The molecule has 4 heteroatoms. The second-order valence-electron chi connectivity index (χ2n) is 9.96. The summed E-state index contributed by atoms with van der Waals surface area (Å²) >= 11 is 0. The minimum Gasteiger partial charge on any atom is -0.478 e. The maximum absolute atomic E-state index is 12.0. The van der Waals surface area contributed by atoms with Crippen LogP contribution in [0.2, 0.25) is 0 Å². The molecule has 0 aliphatic heterocycles. The number of benzene rings is 1. The van der Waals surface area contributed by atoms with Crippen molar-refractivity contribution in [2.24, 2.45) is 0 Å². The van der Waals surface area contributed by atoms with Crippen molar-refractivity contribution < 1.29 is 19.8 Å². The van der Waals surface area contributed by atoms with Crippen molar-refractivity contribution in [3.63, 3.8) is 0 Å². The molecule has 0 saturated heterocycles. The van der Waals surface area contributed by atoms with E-state index >= 15 is 0 Å². The lowest BCUT2D eigenvalue weighted by atomic mass is 9.84. The summed E-state index contributed by atoms with van der Waals surface area (Å²) in [6.07, 6.45) is 23.2. The predicted molar refractivity (Wildman–Crippen MR) is 142 cm³/mol. The van der Waals surface area contributed by atoms with Gasteiger partial charge in [0, 0.05) is 0 Å². The summed E-state index contributed by atoms with van der Waals surface area (Å²) < 4.78 is 0. The summed E-state index contributed by atoms with van der Waals surface area (Å²) in [5.74, 6) is -2.16. The second-order valence-corrected chi connectivity index (χ2v) is 9.96. The number of carboxylic acid groups (broad SMARTS) is 2. The summed E-state index contributed by atoms with van der Waals surface area (Å²) in [4.78, 5) is 23.7. The van der Waals surface area contributed by atoms with E-state index in [0.29, 0.717) is 0 Å². The van der Waals surface area contributed by atoms with Crippen LogP contribution in [0, 0.1) is 0 Å². The minimum absolute atomic E-state index is 0.00418. The van der Waals surface area contributed by atoms with Gasteiger partial charge >= 0.3 is 11.9 Å². The molecule has 194 valence electrons. The first-order valence-electron chi connectivity index (χ1n) is 14.1. The van der Waals surface area contributed by atoms with Crippen LogP contribution in [0.3, 0.4) is 0 Å². The molecule has 0 spiro atoms. The lowest BCUT2D eigenvalue weighted by Gasteiger charge is -2.20. The van der Waals surface area contributed by atoms with Crippen molar-refractivity contribution >= 4 is 11.9 Å². The van der Waals surface area contributed by atoms with Crippen molar-refractivity contribution in [2.45, 2.75) is 142 Å². The van der Waals surface area contributed by atoms with Gasteiger partial charge in [0.2, 0.25) is 0 Å². The fourth-order valence-electron chi connectivity index (χ4n) is 5.01. The summed E-state index contributed by atoms with van der Waals surface area (Å²) in [6.45, 7) is 4.48. The molecule has 0 aromatic heterocycles. The highest BCUT2D eigenvalue weighted by atomic mass is 16.4. The molecule has 34 heavy (non-hydrogen) atoms. The van der Waals surface area contributed by atoms with Crippen molar-refractivity contribution in [1.82, 2.24) is 0 Å². The largest absolute Gasteiger partial charge is 0.478 e. The number of carboxylic acids is 2. The summed E-state index contributed by atoms with van der Waals surface area (Å²) in [7, 11) is 0. The highest BCUT2D eigenvalue weighted by Gasteiger charge is 2.24. The quantitative estimate of drug-likeness (QED) is 0.164. The monoisotopic (exact) mass is 474 g/mol. The van der Waals surface area contributed by atoms with Crippen molar-refractivity contribution in [2.75, 3.05) is 0 Å². The van der Waals surface area contributed by atoms with Gasteiger partial charge in [0.15, 0.2) is 0 Å². The molecule has 0 amide bonds. The Morgan fingerprint density at radius 3 is 1.41 bits per heavy atom. The SMILES string of the molecule is CCCCCCCCCCCC(CCCCCCCCCC)c1cccc(C(=O)O)c1C(=O)O. The zero-order chi connectivity index (χ0) is 25.0. The Balaban J connectivity index is 2.65. The average molecular weight is 475 g/mol. The van der Waals surface area contributed by atoms with Gasteiger partial charge in [-0.2, -0.15) is 0 Å².